The third kappa shape index (κ3) is 5.87. The van der Waals surface area contributed by atoms with Gasteiger partial charge in [0.15, 0.2) is 0 Å². The molecular formula is C28H35FN2O5. The first-order valence-corrected chi connectivity index (χ1v) is 12.4. The maximum absolute atomic E-state index is 13.8. The Balaban J connectivity index is 1.51. The molecule has 4 rings (SSSR count). The number of hydrogen-bond acceptors (Lipinski definition) is 5. The second-order valence-corrected chi connectivity index (χ2v) is 10.6. The zero-order valence-electron chi connectivity index (χ0n) is 21.4. The van der Waals surface area contributed by atoms with Gasteiger partial charge < -0.3 is 24.4 Å². The van der Waals surface area contributed by atoms with Crippen LogP contribution in [0.1, 0.15) is 56.3 Å². The summed E-state index contributed by atoms with van der Waals surface area (Å²) < 4.78 is 30.5. The molecule has 7 nitrogen and oxygen atoms in total. The maximum Gasteiger partial charge on any atom is 0.408 e. The number of benzene rings is 2. The van der Waals surface area contributed by atoms with Crippen molar-refractivity contribution in [2.75, 3.05) is 26.9 Å². The van der Waals surface area contributed by atoms with Crippen LogP contribution in [0.2, 0.25) is 0 Å². The van der Waals surface area contributed by atoms with Crippen molar-refractivity contribution in [1.29, 1.82) is 0 Å². The van der Waals surface area contributed by atoms with E-state index in [2.05, 4.69) is 11.4 Å². The van der Waals surface area contributed by atoms with E-state index in [1.807, 2.05) is 23.1 Å². The van der Waals surface area contributed by atoms with Gasteiger partial charge in [0.05, 0.1) is 24.8 Å². The van der Waals surface area contributed by atoms with Gasteiger partial charge in [0.25, 0.3) is 5.91 Å². The van der Waals surface area contributed by atoms with Gasteiger partial charge in [0.1, 0.15) is 17.5 Å². The van der Waals surface area contributed by atoms with Crippen molar-refractivity contribution in [2.24, 2.45) is 0 Å². The van der Waals surface area contributed by atoms with E-state index in [4.69, 9.17) is 14.2 Å². The maximum atomic E-state index is 13.8. The van der Waals surface area contributed by atoms with Gasteiger partial charge in [-0.1, -0.05) is 36.4 Å². The number of amides is 2. The molecule has 2 amide bonds. The largest absolute Gasteiger partial charge is 0.444 e. The van der Waals surface area contributed by atoms with Crippen LogP contribution in [0, 0.1) is 5.82 Å². The van der Waals surface area contributed by atoms with Gasteiger partial charge in [0, 0.05) is 13.7 Å². The molecule has 8 heteroatoms. The normalized spacial score (nSPS) is 24.1. The molecule has 2 aromatic rings. The molecular weight excluding hydrogens is 463 g/mol. The summed E-state index contributed by atoms with van der Waals surface area (Å²) in [6, 6.07) is 14.1. The molecule has 0 spiro atoms. The van der Waals surface area contributed by atoms with Crippen molar-refractivity contribution in [2.45, 2.75) is 63.3 Å². The minimum absolute atomic E-state index is 0.109. The standard InChI is InChI=1S/C28H35FN2O5/c1-27(2,3)36-26(33)30-28(17-34-4)15-13-23(35-18-28)25(32)31-16-14-19-7-5-6-8-22(19)24(31)20-9-11-21(29)12-10-20/h5-12,23-24H,13-18H2,1-4H3,(H,30,33)/t23-,24-,28-/m0/s1. The molecule has 2 aromatic carbocycles. The molecule has 36 heavy (non-hydrogen) atoms. The van der Waals surface area contributed by atoms with Crippen LogP contribution >= 0.6 is 0 Å². The number of carbonyl (C=O) groups is 2. The highest BCUT2D eigenvalue weighted by molar-refractivity contribution is 5.82. The average molecular weight is 499 g/mol. The number of nitrogens with zero attached hydrogens (tertiary/aromatic N) is 1. The summed E-state index contributed by atoms with van der Waals surface area (Å²) >= 11 is 0. The molecule has 2 aliphatic heterocycles. The molecule has 0 unspecified atom stereocenters. The van der Waals surface area contributed by atoms with Gasteiger partial charge in [-0.05, 0) is 68.9 Å². The SMILES string of the molecule is COC[C@@]1(NC(=O)OC(C)(C)C)CC[C@@H](C(=O)N2CCc3ccccc3[C@@H]2c2ccc(F)cc2)OC1. The van der Waals surface area contributed by atoms with E-state index in [9.17, 15) is 14.0 Å². The van der Waals surface area contributed by atoms with Crippen LogP contribution in [0.25, 0.3) is 0 Å². The van der Waals surface area contributed by atoms with Crippen molar-refractivity contribution in [3.05, 3.63) is 71.0 Å². The minimum atomic E-state index is -0.779. The predicted octanol–water partition coefficient (Wildman–Crippen LogP) is 4.39. The third-order valence-electron chi connectivity index (χ3n) is 6.66. The number of rotatable bonds is 5. The fourth-order valence-corrected chi connectivity index (χ4v) is 5.06. The van der Waals surface area contributed by atoms with Gasteiger partial charge >= 0.3 is 6.09 Å². The van der Waals surface area contributed by atoms with Crippen LogP contribution in [0.15, 0.2) is 48.5 Å². The molecule has 0 bridgehead atoms. The number of methoxy groups -OCH3 is 1. The fraction of sp³-hybridized carbons (Fsp3) is 0.500. The smallest absolute Gasteiger partial charge is 0.408 e. The summed E-state index contributed by atoms with van der Waals surface area (Å²) in [5.41, 5.74) is 1.67. The zero-order valence-corrected chi connectivity index (χ0v) is 21.4. The Labute approximate surface area is 211 Å². The van der Waals surface area contributed by atoms with Gasteiger partial charge in [-0.15, -0.1) is 0 Å². The van der Waals surface area contributed by atoms with Crippen LogP contribution in [0.5, 0.6) is 0 Å². The van der Waals surface area contributed by atoms with Crippen molar-refractivity contribution < 1.29 is 28.2 Å². The molecule has 2 heterocycles. The molecule has 0 radical (unpaired) electrons. The van der Waals surface area contributed by atoms with Gasteiger partial charge in [-0.2, -0.15) is 0 Å². The molecule has 0 saturated carbocycles. The van der Waals surface area contributed by atoms with Gasteiger partial charge in [-0.25, -0.2) is 9.18 Å². The molecule has 3 atom stereocenters. The second kappa shape index (κ2) is 10.6. The first-order valence-electron chi connectivity index (χ1n) is 12.4. The quantitative estimate of drug-likeness (QED) is 0.662. The number of alkyl carbamates (subject to hydrolysis) is 1. The summed E-state index contributed by atoms with van der Waals surface area (Å²) in [6.07, 6.45) is 0.467. The Morgan fingerprint density at radius 2 is 1.89 bits per heavy atom. The Kier molecular flexibility index (Phi) is 7.66. The van der Waals surface area contributed by atoms with E-state index >= 15 is 0 Å². The third-order valence-corrected chi connectivity index (χ3v) is 6.66. The number of ether oxygens (including phenoxy) is 3. The van der Waals surface area contributed by atoms with Crippen molar-refractivity contribution in [1.82, 2.24) is 10.2 Å². The number of fused-ring (bicyclic) bond motifs is 1. The lowest BCUT2D eigenvalue weighted by molar-refractivity contribution is -0.153. The molecule has 0 aromatic heterocycles. The van der Waals surface area contributed by atoms with Crippen LogP contribution in [-0.2, 0) is 25.4 Å². The average Bonchev–Trinajstić information content (AvgIpc) is 2.83. The van der Waals surface area contributed by atoms with Crippen LogP contribution in [0.3, 0.4) is 0 Å². The van der Waals surface area contributed by atoms with E-state index in [-0.39, 0.29) is 31.0 Å². The number of carbonyl (C=O) groups excluding carboxylic acids is 2. The number of hydrogen-bond donors (Lipinski definition) is 1. The molecule has 0 aliphatic carbocycles. The first kappa shape index (κ1) is 26.1. The predicted molar refractivity (Wildman–Crippen MR) is 133 cm³/mol. The van der Waals surface area contributed by atoms with Gasteiger partial charge in [0.2, 0.25) is 0 Å². The Hall–Kier alpha value is -2.97. The Bertz CT molecular complexity index is 1070. The van der Waals surface area contributed by atoms with E-state index in [1.54, 1.807) is 40.0 Å². The van der Waals surface area contributed by atoms with E-state index in [0.29, 0.717) is 19.4 Å². The Morgan fingerprint density at radius 3 is 2.53 bits per heavy atom. The highest BCUT2D eigenvalue weighted by atomic mass is 19.1. The molecule has 1 N–H and O–H groups in total. The summed E-state index contributed by atoms with van der Waals surface area (Å²) in [5, 5.41) is 2.91. The molecule has 1 saturated heterocycles. The lowest BCUT2D eigenvalue weighted by Crippen LogP contribution is -2.60. The first-order chi connectivity index (χ1) is 17.1. The highest BCUT2D eigenvalue weighted by Gasteiger charge is 2.43. The number of halogens is 1. The molecule has 1 fully saturated rings. The summed E-state index contributed by atoms with van der Waals surface area (Å²) in [6.45, 7) is 6.31. The van der Waals surface area contributed by atoms with Crippen molar-refractivity contribution in [3.8, 4) is 0 Å². The lowest BCUT2D eigenvalue weighted by Gasteiger charge is -2.43. The second-order valence-electron chi connectivity index (χ2n) is 10.6. The summed E-state index contributed by atoms with van der Waals surface area (Å²) in [4.78, 5) is 28.1. The zero-order chi connectivity index (χ0) is 25.9. The fourth-order valence-electron chi connectivity index (χ4n) is 5.06. The molecule has 194 valence electrons. The minimum Gasteiger partial charge on any atom is -0.444 e. The van der Waals surface area contributed by atoms with Crippen LogP contribution in [-0.4, -0.2) is 61.0 Å². The van der Waals surface area contributed by atoms with Crippen molar-refractivity contribution >= 4 is 12.0 Å². The monoisotopic (exact) mass is 498 g/mol. The van der Waals surface area contributed by atoms with Crippen molar-refractivity contribution in [3.63, 3.8) is 0 Å². The number of nitrogens with one attached hydrogen (secondary N) is 1. The van der Waals surface area contributed by atoms with E-state index in [1.165, 1.54) is 17.7 Å². The highest BCUT2D eigenvalue weighted by Crippen LogP contribution is 2.37. The molecule has 2 aliphatic rings. The summed E-state index contributed by atoms with van der Waals surface area (Å²) in [5.74, 6) is -0.426. The van der Waals surface area contributed by atoms with E-state index < -0.39 is 23.3 Å². The van der Waals surface area contributed by atoms with Crippen LogP contribution < -0.4 is 5.32 Å². The lowest BCUT2D eigenvalue weighted by atomic mass is 9.86. The summed E-state index contributed by atoms with van der Waals surface area (Å²) in [7, 11) is 1.56. The topological polar surface area (TPSA) is 77.1 Å². The Morgan fingerprint density at radius 1 is 1.17 bits per heavy atom. The van der Waals surface area contributed by atoms with Crippen LogP contribution in [0.4, 0.5) is 9.18 Å². The van der Waals surface area contributed by atoms with Gasteiger partial charge in [-0.3, -0.25) is 4.79 Å². The van der Waals surface area contributed by atoms with E-state index in [0.717, 1.165) is 17.5 Å².